The number of hydrogen-bond acceptors (Lipinski definition) is 14. The summed E-state index contributed by atoms with van der Waals surface area (Å²) in [7, 11) is 0. The van der Waals surface area contributed by atoms with Crippen molar-refractivity contribution in [2.75, 3.05) is 31.9 Å². The van der Waals surface area contributed by atoms with E-state index in [1.165, 1.54) is 18.2 Å². The summed E-state index contributed by atoms with van der Waals surface area (Å²) in [5, 5.41) is 65.3. The first-order chi connectivity index (χ1) is 59.5. The third kappa shape index (κ3) is 22.0. The second-order valence-corrected chi connectivity index (χ2v) is 34.1. The summed E-state index contributed by atoms with van der Waals surface area (Å²) >= 11 is 0. The number of H-pyrrole nitrogens is 4. The van der Waals surface area contributed by atoms with E-state index in [0.717, 1.165) is 134 Å². The number of nitrogens with zero attached hydrogens (tertiary/aromatic N) is 9. The van der Waals surface area contributed by atoms with Crippen LogP contribution in [0, 0.1) is 21.7 Å². The Morgan fingerprint density at radius 2 is 0.624 bits per heavy atom. The lowest BCUT2D eigenvalue weighted by Gasteiger charge is -2.19. The second kappa shape index (κ2) is 37.3. The number of nitro groups is 1. The first kappa shape index (κ1) is 87.4. The predicted octanol–water partition coefficient (Wildman–Crippen LogP) is 22.9. The Labute approximate surface area is 720 Å². The zero-order valence-corrected chi connectivity index (χ0v) is 71.6. The number of aromatic nitrogens is 12. The van der Waals surface area contributed by atoms with Crippen molar-refractivity contribution in [2.24, 2.45) is 0 Å². The van der Waals surface area contributed by atoms with Crippen LogP contribution in [0.3, 0.4) is 0 Å². The summed E-state index contributed by atoms with van der Waals surface area (Å²) in [5.41, 5.74) is 19.0. The Hall–Kier alpha value is -15.4. The number of benzene rings is 8. The third-order valence-corrected chi connectivity index (χ3v) is 20.4. The van der Waals surface area contributed by atoms with E-state index >= 15 is 0 Å². The van der Waals surface area contributed by atoms with Gasteiger partial charge >= 0.3 is 24.1 Å². The Morgan fingerprint density at radius 1 is 0.344 bits per heavy atom. The number of nitro benzene ring substituents is 1. The molecule has 0 aliphatic rings. The SMILES string of the molecule is CC(C)(C)c1cc(-c2ccc(NC(=O)Nc3ccc(F)cc3F)cc2)c2cn[nH]c2n1.CC(C)(C)c1cc(-c2ccc(NC(=O)Nc3ccccc3[N+](=O)[O-])cc2)c2cn[nH]c2n1.C[C@@H](NC(=O)Nc1ccc(-c2cc(C(C)(C)C)nc3[nH]ncc23)cc1)c1ccccc1.C[C@H](NC(=O)Nc1ccc(-c2cc(C(C)(C)C)nc3[nH]ncc23)cc1)c1ccccc1. The van der Waals surface area contributed by atoms with Crippen LogP contribution >= 0.6 is 0 Å². The highest BCUT2D eigenvalue weighted by molar-refractivity contribution is 6.03. The summed E-state index contributed by atoms with van der Waals surface area (Å²) in [6.45, 7) is 29.4. The van der Waals surface area contributed by atoms with Crippen LogP contribution in [0.5, 0.6) is 0 Å². The fourth-order valence-electron chi connectivity index (χ4n) is 13.4. The van der Waals surface area contributed by atoms with E-state index in [0.29, 0.717) is 23.1 Å². The highest BCUT2D eigenvalue weighted by atomic mass is 19.1. The number of halogens is 2. The summed E-state index contributed by atoms with van der Waals surface area (Å²) < 4.78 is 26.7. The minimum Gasteiger partial charge on any atom is -0.331 e. The first-order valence-corrected chi connectivity index (χ1v) is 40.4. The average Bonchev–Trinajstić information content (AvgIpc) is 1.71. The highest BCUT2D eigenvalue weighted by Crippen LogP contribution is 2.38. The maximum Gasteiger partial charge on any atom is 0.323 e. The third-order valence-electron chi connectivity index (χ3n) is 20.4. The molecule has 8 aromatic heterocycles. The molecule has 636 valence electrons. The molecule has 125 heavy (non-hydrogen) atoms. The molecule has 8 aromatic carbocycles. The smallest absolute Gasteiger partial charge is 0.323 e. The van der Waals surface area contributed by atoms with Gasteiger partial charge in [-0.1, -0.05) is 204 Å². The van der Waals surface area contributed by atoms with E-state index < -0.39 is 28.6 Å². The lowest BCUT2D eigenvalue weighted by molar-refractivity contribution is -0.383. The maximum absolute atomic E-state index is 13.7. The van der Waals surface area contributed by atoms with Crippen molar-refractivity contribution in [2.45, 2.75) is 131 Å². The molecule has 16 rings (SSSR count). The number of hydrogen-bond donors (Lipinski definition) is 12. The van der Waals surface area contributed by atoms with Crippen molar-refractivity contribution in [3.05, 3.63) is 305 Å². The maximum atomic E-state index is 13.7. The normalized spacial score (nSPS) is 12.0. The predicted molar refractivity (Wildman–Crippen MR) is 491 cm³/mol. The van der Waals surface area contributed by atoms with Gasteiger partial charge in [-0.15, -0.1) is 0 Å². The molecule has 8 heterocycles. The molecule has 0 aliphatic carbocycles. The van der Waals surface area contributed by atoms with Crippen LogP contribution in [0.15, 0.2) is 249 Å². The van der Waals surface area contributed by atoms with Crippen molar-refractivity contribution in [1.29, 1.82) is 0 Å². The molecule has 8 amide bonds. The van der Waals surface area contributed by atoms with Gasteiger partial charge in [0.1, 0.15) is 17.3 Å². The number of aromatic amines is 4. The number of urea groups is 4. The molecule has 0 spiro atoms. The average molecular weight is 1680 g/mol. The van der Waals surface area contributed by atoms with Crippen LogP contribution in [-0.2, 0) is 21.7 Å². The molecule has 16 aromatic rings. The minimum absolute atomic E-state index is 0.0803. The molecular formula is C96H97F2N21O6. The largest absolute Gasteiger partial charge is 0.331 e. The Bertz CT molecular complexity index is 6340. The molecular weight excluding hydrogens is 1580 g/mol. The van der Waals surface area contributed by atoms with Gasteiger partial charge in [-0.05, 0) is 160 Å². The Balaban J connectivity index is 0.000000143. The van der Waals surface area contributed by atoms with E-state index in [4.69, 9.17) is 9.97 Å². The molecule has 0 saturated carbocycles. The highest BCUT2D eigenvalue weighted by Gasteiger charge is 2.26. The van der Waals surface area contributed by atoms with Gasteiger partial charge < -0.3 is 42.5 Å². The number of para-hydroxylation sites is 2. The lowest BCUT2D eigenvalue weighted by atomic mass is 9.89. The van der Waals surface area contributed by atoms with Gasteiger partial charge in [-0.25, -0.2) is 47.9 Å². The zero-order chi connectivity index (χ0) is 89.1. The van der Waals surface area contributed by atoms with E-state index in [9.17, 15) is 38.1 Å². The van der Waals surface area contributed by atoms with Crippen LogP contribution in [0.25, 0.3) is 88.6 Å². The van der Waals surface area contributed by atoms with E-state index in [1.54, 1.807) is 61.2 Å². The molecule has 0 aliphatic heterocycles. The van der Waals surface area contributed by atoms with Gasteiger partial charge in [-0.2, -0.15) is 20.4 Å². The molecule has 27 nitrogen and oxygen atoms in total. The fourth-order valence-corrected chi connectivity index (χ4v) is 13.4. The zero-order valence-electron chi connectivity index (χ0n) is 71.6. The van der Waals surface area contributed by atoms with Gasteiger partial charge in [0.25, 0.3) is 5.69 Å². The Kier molecular flexibility index (Phi) is 26.1. The van der Waals surface area contributed by atoms with Crippen LogP contribution in [0.1, 0.15) is 143 Å². The minimum atomic E-state index is -0.845. The topological polar surface area (TPSA) is 374 Å². The molecule has 0 bridgehead atoms. The summed E-state index contributed by atoms with van der Waals surface area (Å²) in [6.07, 6.45) is 7.08. The Morgan fingerprint density at radius 3 is 0.912 bits per heavy atom. The number of anilines is 6. The quantitative estimate of drug-likeness (QED) is 0.0335. The number of amides is 8. The molecule has 12 N–H and O–H groups in total. The van der Waals surface area contributed by atoms with Crippen LogP contribution in [0.4, 0.5) is 67.8 Å². The monoisotopic (exact) mass is 1680 g/mol. The molecule has 0 radical (unpaired) electrons. The summed E-state index contributed by atoms with van der Waals surface area (Å²) in [4.78, 5) is 78.7. The van der Waals surface area contributed by atoms with Gasteiger partial charge in [0, 0.05) is 101 Å². The fraction of sp³-hybridized carbons (Fsp3) is 0.208. The van der Waals surface area contributed by atoms with Crippen molar-refractivity contribution in [3.8, 4) is 44.5 Å². The van der Waals surface area contributed by atoms with Crippen molar-refractivity contribution in [1.82, 2.24) is 71.4 Å². The number of fused-ring (bicyclic) bond motifs is 4. The number of pyridine rings is 4. The molecule has 2 atom stereocenters. The van der Waals surface area contributed by atoms with Gasteiger partial charge in [-0.3, -0.25) is 30.5 Å². The number of nitrogens with one attached hydrogen (secondary N) is 12. The van der Waals surface area contributed by atoms with Crippen LogP contribution < -0.4 is 42.5 Å². The van der Waals surface area contributed by atoms with E-state index in [2.05, 4.69) is 195 Å². The van der Waals surface area contributed by atoms with Crippen molar-refractivity contribution >= 4 is 108 Å². The second-order valence-electron chi connectivity index (χ2n) is 34.1. The van der Waals surface area contributed by atoms with Crippen LogP contribution in [0.2, 0.25) is 0 Å². The van der Waals surface area contributed by atoms with Crippen molar-refractivity contribution < 1.29 is 32.9 Å². The first-order valence-electron chi connectivity index (χ1n) is 40.4. The van der Waals surface area contributed by atoms with E-state index in [1.807, 2.05) is 153 Å². The van der Waals surface area contributed by atoms with Gasteiger partial charge in [0.2, 0.25) is 0 Å². The number of carbonyl (C=O) groups excluding carboxylic acids is 4. The molecule has 0 unspecified atom stereocenters. The summed E-state index contributed by atoms with van der Waals surface area (Å²) in [6, 6.07) is 65.5. The number of rotatable bonds is 15. The van der Waals surface area contributed by atoms with Gasteiger partial charge in [0.05, 0.1) is 47.5 Å². The van der Waals surface area contributed by atoms with Gasteiger partial charge in [0.15, 0.2) is 22.6 Å². The standard InChI is InChI=1S/2C25H27N5O.C23H21F2N5O.C23H22N6O3/c2*1-16(17-8-6-5-7-9-17)27-24(31)28-19-12-10-18(11-13-19)20-14-22(25(2,3)4)29-23-21(20)15-26-30-23;1-23(2,3)20-11-16(17-12-26-30-21(17)29-20)13-4-7-15(8-5-13)27-22(31)28-19-9-6-14(24)10-18(19)25;1-23(2,3)20-12-16(17-13-24-28-21(17)27-20)14-8-10-15(11-9-14)25-22(30)26-18-6-4-5-7-19(18)29(31)32/h2*5-16H,1-4H3,(H,26,29,30)(H2,27,28,31);4-12H,1-3H3,(H,26,29,30)(H2,27,28,31);4-13H,1-3H3,(H,24,27,28)(H2,25,26,30)/t2*16-;;/m10../s1. The molecule has 29 heteroatoms. The van der Waals surface area contributed by atoms with E-state index in [-0.39, 0.29) is 62.9 Å². The van der Waals surface area contributed by atoms with Crippen molar-refractivity contribution in [3.63, 3.8) is 0 Å². The van der Waals surface area contributed by atoms with Crippen LogP contribution in [-0.4, -0.2) is 89.8 Å². The summed E-state index contributed by atoms with van der Waals surface area (Å²) in [5.74, 6) is -1.56. The lowest BCUT2D eigenvalue weighted by Crippen LogP contribution is -2.31. The molecule has 0 saturated heterocycles. The molecule has 0 fully saturated rings. The number of carbonyl (C=O) groups is 4.